The maximum absolute atomic E-state index is 12.9. The highest BCUT2D eigenvalue weighted by Gasteiger charge is 2.23. The molecule has 1 amide bonds. The van der Waals surface area contributed by atoms with Crippen LogP contribution in [0.2, 0.25) is 5.02 Å². The van der Waals surface area contributed by atoms with Crippen LogP contribution in [0, 0.1) is 0 Å². The van der Waals surface area contributed by atoms with Gasteiger partial charge in [0.2, 0.25) is 0 Å². The number of ether oxygens (including phenoxy) is 1. The monoisotopic (exact) mass is 498 g/mol. The molecule has 0 radical (unpaired) electrons. The number of halogens is 2. The first kappa shape index (κ1) is 25.3. The lowest BCUT2D eigenvalue weighted by molar-refractivity contribution is -0.137. The summed E-state index contributed by atoms with van der Waals surface area (Å²) in [5.74, 6) is -0.819. The molecule has 0 saturated heterocycles. The van der Waals surface area contributed by atoms with Crippen LogP contribution < -0.4 is 9.64 Å². The van der Waals surface area contributed by atoms with E-state index in [2.05, 4.69) is 4.98 Å². The Morgan fingerprint density at radius 2 is 1.85 bits per heavy atom. The number of carboxylic acid groups (broad SMARTS) is 1. The van der Waals surface area contributed by atoms with Crippen molar-refractivity contribution in [1.82, 2.24) is 4.98 Å². The van der Waals surface area contributed by atoms with Crippen molar-refractivity contribution >= 4 is 46.3 Å². The number of aromatic nitrogens is 1. The van der Waals surface area contributed by atoms with E-state index in [0.29, 0.717) is 29.3 Å². The van der Waals surface area contributed by atoms with Gasteiger partial charge in [-0.15, -0.1) is 0 Å². The number of likely N-dealkylation sites (N-methyl/N-ethyl adjacent to an activating group) is 1. The van der Waals surface area contributed by atoms with Crippen LogP contribution in [-0.4, -0.2) is 34.6 Å². The second-order valence-electron chi connectivity index (χ2n) is 7.48. The number of anilines is 1. The second-order valence-corrected chi connectivity index (χ2v) is 8.31. The number of carbonyl (C=O) groups is 2. The molecule has 2 aromatic carbocycles. The predicted octanol–water partition coefficient (Wildman–Crippen LogP) is 6.03. The minimum Gasteiger partial charge on any atom is -0.481 e. The third-order valence-electron chi connectivity index (χ3n) is 5.04. The molecular weight excluding hydrogens is 475 g/mol. The zero-order valence-electron chi connectivity index (χ0n) is 18.5. The molecule has 6 nitrogen and oxygen atoms in total. The van der Waals surface area contributed by atoms with E-state index in [9.17, 15) is 9.59 Å². The average Bonchev–Trinajstić information content (AvgIpc) is 2.85. The Morgan fingerprint density at radius 1 is 1.12 bits per heavy atom. The maximum atomic E-state index is 12.9. The summed E-state index contributed by atoms with van der Waals surface area (Å²) in [4.78, 5) is 29.4. The molecule has 0 aliphatic rings. The lowest BCUT2D eigenvalue weighted by Crippen LogP contribution is -2.36. The Morgan fingerprint density at radius 3 is 2.53 bits per heavy atom. The summed E-state index contributed by atoms with van der Waals surface area (Å²) in [6.07, 6.45) is 6.64. The number of nitrogens with zero attached hydrogens (tertiary/aromatic N) is 2. The maximum Gasteiger partial charge on any atom is 0.303 e. The van der Waals surface area contributed by atoms with Crippen molar-refractivity contribution in [3.8, 4) is 5.75 Å². The largest absolute Gasteiger partial charge is 0.481 e. The third-order valence-corrected chi connectivity index (χ3v) is 5.57. The number of hydrogen-bond acceptors (Lipinski definition) is 4. The lowest BCUT2D eigenvalue weighted by Gasteiger charge is -2.22. The third kappa shape index (κ3) is 7.07. The average molecular weight is 499 g/mol. The van der Waals surface area contributed by atoms with Crippen LogP contribution in [0.5, 0.6) is 5.75 Å². The molecule has 34 heavy (non-hydrogen) atoms. The molecule has 1 aromatic heterocycles. The first-order valence-electron chi connectivity index (χ1n) is 10.6. The van der Waals surface area contributed by atoms with Crippen LogP contribution in [0.1, 0.15) is 30.4 Å². The number of amides is 1. The highest BCUT2D eigenvalue weighted by Crippen LogP contribution is 2.28. The molecule has 0 aliphatic heterocycles. The molecule has 0 spiro atoms. The molecule has 0 fully saturated rings. The smallest absolute Gasteiger partial charge is 0.303 e. The minimum absolute atomic E-state index is 0.0961. The number of pyridine rings is 1. The zero-order chi connectivity index (χ0) is 24.5. The first-order valence-corrected chi connectivity index (χ1v) is 11.4. The van der Waals surface area contributed by atoms with Gasteiger partial charge in [0.05, 0.1) is 0 Å². The van der Waals surface area contributed by atoms with Crippen molar-refractivity contribution < 1.29 is 19.4 Å². The number of hydrogen-bond donors (Lipinski definition) is 1. The van der Waals surface area contributed by atoms with Crippen LogP contribution >= 0.6 is 23.2 Å². The number of aliphatic carboxylic acids is 1. The van der Waals surface area contributed by atoms with Gasteiger partial charge in [0.15, 0.2) is 0 Å². The summed E-state index contributed by atoms with van der Waals surface area (Å²) in [7, 11) is 1.63. The second kappa shape index (κ2) is 12.2. The van der Waals surface area contributed by atoms with Crippen molar-refractivity contribution in [2.45, 2.75) is 24.8 Å². The zero-order valence-corrected chi connectivity index (χ0v) is 20.0. The van der Waals surface area contributed by atoms with E-state index >= 15 is 0 Å². The Hall–Kier alpha value is -3.35. The van der Waals surface area contributed by atoms with Crippen LogP contribution in [0.3, 0.4) is 0 Å². The number of allylic oxidation sites excluding steroid dienone is 1. The molecule has 3 rings (SSSR count). The number of carboxylic acids is 1. The van der Waals surface area contributed by atoms with Gasteiger partial charge in [-0.2, -0.15) is 0 Å². The lowest BCUT2D eigenvalue weighted by atomic mass is 9.97. The van der Waals surface area contributed by atoms with Crippen molar-refractivity contribution in [3.63, 3.8) is 0 Å². The van der Waals surface area contributed by atoms with Gasteiger partial charge < -0.3 is 14.7 Å². The van der Waals surface area contributed by atoms with Crippen molar-refractivity contribution in [3.05, 3.63) is 95.3 Å². The number of benzene rings is 2. The van der Waals surface area contributed by atoms with Crippen molar-refractivity contribution in [2.24, 2.45) is 0 Å². The van der Waals surface area contributed by atoms with E-state index in [1.54, 1.807) is 49.8 Å². The van der Waals surface area contributed by atoms with E-state index in [4.69, 9.17) is 33.0 Å². The number of carbonyl (C=O) groups excluding carboxylic acids is 1. The summed E-state index contributed by atoms with van der Waals surface area (Å²) in [5.41, 5.74) is 2.07. The highest BCUT2D eigenvalue weighted by atomic mass is 35.5. The van der Waals surface area contributed by atoms with Gasteiger partial charge in [-0.3, -0.25) is 14.6 Å². The first-order chi connectivity index (χ1) is 16.3. The molecule has 176 valence electrons. The predicted molar refractivity (Wildman–Crippen MR) is 134 cm³/mol. The summed E-state index contributed by atoms with van der Waals surface area (Å²) >= 11 is 12.1. The van der Waals surface area contributed by atoms with Crippen LogP contribution in [-0.2, 0) is 9.59 Å². The topological polar surface area (TPSA) is 79.7 Å². The normalized spacial score (nSPS) is 12.1. The molecule has 1 N–H and O–H groups in total. The van der Waals surface area contributed by atoms with E-state index in [-0.39, 0.29) is 6.42 Å². The van der Waals surface area contributed by atoms with E-state index < -0.39 is 17.4 Å². The van der Waals surface area contributed by atoms with Gasteiger partial charge in [0.25, 0.3) is 11.5 Å². The quantitative estimate of drug-likeness (QED) is 0.272. The SMILES string of the molecule is CN(C(=O)C(Cl)Oc1ccc(Cl)cc1)c1cccc(C(=CCCCC(=O)O)c2cccnc2)c1. The molecule has 1 heterocycles. The van der Waals surface area contributed by atoms with E-state index in [1.807, 2.05) is 36.4 Å². The van der Waals surface area contributed by atoms with Crippen LogP contribution in [0.25, 0.3) is 5.57 Å². The van der Waals surface area contributed by atoms with Gasteiger partial charge in [-0.25, -0.2) is 0 Å². The molecule has 3 aromatic rings. The fraction of sp³-hybridized carbons (Fsp3) is 0.192. The van der Waals surface area contributed by atoms with Gasteiger partial charge in [-0.05, 0) is 66.4 Å². The van der Waals surface area contributed by atoms with Gasteiger partial charge in [0, 0.05) is 42.1 Å². The molecule has 8 heteroatoms. The summed E-state index contributed by atoms with van der Waals surface area (Å²) in [5, 5.41) is 9.47. The summed E-state index contributed by atoms with van der Waals surface area (Å²) < 4.78 is 5.55. The number of unbranched alkanes of at least 4 members (excludes halogenated alkanes) is 1. The van der Waals surface area contributed by atoms with Crippen LogP contribution in [0.4, 0.5) is 5.69 Å². The molecular formula is C26H24Cl2N2O4. The van der Waals surface area contributed by atoms with Crippen molar-refractivity contribution in [2.75, 3.05) is 11.9 Å². The molecule has 0 saturated carbocycles. The Bertz CT molecular complexity index is 1150. The fourth-order valence-corrected chi connectivity index (χ4v) is 3.64. The number of alkyl halides is 1. The van der Waals surface area contributed by atoms with Crippen molar-refractivity contribution in [1.29, 1.82) is 0 Å². The summed E-state index contributed by atoms with van der Waals surface area (Å²) in [6.45, 7) is 0. The Balaban J connectivity index is 1.81. The molecule has 1 unspecified atom stereocenters. The van der Waals surface area contributed by atoms with E-state index in [0.717, 1.165) is 16.7 Å². The molecule has 0 aliphatic carbocycles. The fourth-order valence-electron chi connectivity index (χ4n) is 3.27. The Labute approximate surface area is 208 Å². The van der Waals surface area contributed by atoms with Gasteiger partial charge >= 0.3 is 5.97 Å². The number of rotatable bonds is 10. The van der Waals surface area contributed by atoms with Gasteiger partial charge in [-0.1, -0.05) is 47.5 Å². The minimum atomic E-state index is -1.22. The van der Waals surface area contributed by atoms with E-state index in [1.165, 1.54) is 4.90 Å². The molecule has 1 atom stereocenters. The standard InChI is InChI=1S/C26H24Cl2N2O4/c1-30(26(33)25(28)34-22-13-11-20(27)12-14-22)21-8-4-6-18(16-21)23(9-2-3-10-24(31)32)19-7-5-15-29-17-19/h4-9,11-17,25H,2-3,10H2,1H3,(H,31,32). The van der Waals surface area contributed by atoms with Crippen LogP contribution in [0.15, 0.2) is 79.1 Å². The molecule has 0 bridgehead atoms. The Kier molecular flexibility index (Phi) is 9.08. The summed E-state index contributed by atoms with van der Waals surface area (Å²) in [6, 6.07) is 17.8. The van der Waals surface area contributed by atoms with Gasteiger partial charge in [0.1, 0.15) is 5.75 Å². The highest BCUT2D eigenvalue weighted by molar-refractivity contribution is 6.32.